The summed E-state index contributed by atoms with van der Waals surface area (Å²) in [6, 6.07) is 5.93. The predicted octanol–water partition coefficient (Wildman–Crippen LogP) is 3.00. The van der Waals surface area contributed by atoms with Crippen molar-refractivity contribution in [2.45, 2.75) is 26.0 Å². The third-order valence-corrected chi connectivity index (χ3v) is 4.51. The van der Waals surface area contributed by atoms with Crippen molar-refractivity contribution in [3.05, 3.63) is 29.3 Å². The van der Waals surface area contributed by atoms with Gasteiger partial charge in [0.05, 0.1) is 0 Å². The van der Waals surface area contributed by atoms with E-state index in [2.05, 4.69) is 19.2 Å². The van der Waals surface area contributed by atoms with Gasteiger partial charge in [0, 0.05) is 41.9 Å². The van der Waals surface area contributed by atoms with E-state index < -0.39 is 0 Å². The van der Waals surface area contributed by atoms with Crippen LogP contribution in [-0.2, 0) is 0 Å². The highest BCUT2D eigenvalue weighted by molar-refractivity contribution is 7.99. The molecule has 1 unspecified atom stereocenters. The molecule has 0 radical (unpaired) electrons. The number of hydrogen-bond donors (Lipinski definition) is 1. The molecule has 4 heteroatoms. The number of carbonyl (C=O) groups excluding carboxylic acids is 1. The van der Waals surface area contributed by atoms with Gasteiger partial charge in [-0.05, 0) is 37.6 Å². The molecule has 0 bridgehead atoms. The number of hydrogen-bond acceptors (Lipinski definition) is 3. The first kappa shape index (κ1) is 14.3. The summed E-state index contributed by atoms with van der Waals surface area (Å²) in [7, 11) is 0. The zero-order valence-electron chi connectivity index (χ0n) is 11.9. The molecule has 1 aromatic carbocycles. The van der Waals surface area contributed by atoms with Crippen LogP contribution >= 0.6 is 11.8 Å². The summed E-state index contributed by atoms with van der Waals surface area (Å²) in [6.45, 7) is 8.92. The molecule has 104 valence electrons. The van der Waals surface area contributed by atoms with E-state index in [1.54, 1.807) is 0 Å². The van der Waals surface area contributed by atoms with Gasteiger partial charge in [-0.3, -0.25) is 4.79 Å². The number of nitrogens with zero attached hydrogens (tertiary/aromatic N) is 1. The Balaban J connectivity index is 2.12. The number of aryl methyl sites for hydroxylation is 1. The third-order valence-electron chi connectivity index (χ3n) is 3.37. The van der Waals surface area contributed by atoms with Gasteiger partial charge in [-0.15, -0.1) is 0 Å². The van der Waals surface area contributed by atoms with Crippen molar-refractivity contribution in [1.29, 1.82) is 0 Å². The number of anilines is 1. The summed E-state index contributed by atoms with van der Waals surface area (Å²) in [4.78, 5) is 14.4. The largest absolute Gasteiger partial charge is 0.385 e. The Labute approximate surface area is 119 Å². The number of nitrogens with one attached hydrogen (secondary N) is 1. The Kier molecular flexibility index (Phi) is 4.75. The van der Waals surface area contributed by atoms with Crippen LogP contribution in [0.3, 0.4) is 0 Å². The molecule has 1 aromatic rings. The summed E-state index contributed by atoms with van der Waals surface area (Å²) >= 11 is 1.94. The monoisotopic (exact) mass is 278 g/mol. The molecular formula is C15H22N2OS. The smallest absolute Gasteiger partial charge is 0.253 e. The van der Waals surface area contributed by atoms with Gasteiger partial charge in [0.25, 0.3) is 5.91 Å². The molecule has 1 heterocycles. The summed E-state index contributed by atoms with van der Waals surface area (Å²) in [5, 5.41) is 3.84. The maximum atomic E-state index is 12.5. The Morgan fingerprint density at radius 2 is 2.32 bits per heavy atom. The minimum atomic E-state index is 0.165. The molecule has 0 aromatic heterocycles. The molecule has 1 saturated heterocycles. The average molecular weight is 278 g/mol. The zero-order valence-corrected chi connectivity index (χ0v) is 12.7. The minimum absolute atomic E-state index is 0.165. The van der Waals surface area contributed by atoms with Crippen LogP contribution in [-0.4, -0.2) is 41.4 Å². The molecule has 0 spiro atoms. The lowest BCUT2D eigenvalue weighted by Gasteiger charge is -2.30. The molecule has 1 N–H and O–H groups in total. The molecule has 3 nitrogen and oxygen atoms in total. The lowest BCUT2D eigenvalue weighted by atomic mass is 10.1. The predicted molar refractivity (Wildman–Crippen MR) is 83.2 cm³/mol. The standard InChI is InChI=1S/C15H22N2OS/c1-4-16-14-6-5-13(9-11(14)2)15(18)17-7-8-19-12(3)10-17/h5-6,9,12,16H,4,7-8,10H2,1-3H3. The van der Waals surface area contributed by atoms with Crippen molar-refractivity contribution in [2.75, 3.05) is 30.7 Å². The lowest BCUT2D eigenvalue weighted by molar-refractivity contribution is 0.0763. The maximum Gasteiger partial charge on any atom is 0.253 e. The molecule has 0 aliphatic carbocycles. The number of amides is 1. The van der Waals surface area contributed by atoms with E-state index in [0.717, 1.165) is 42.2 Å². The number of benzene rings is 1. The summed E-state index contributed by atoms with van der Waals surface area (Å²) in [5.41, 5.74) is 3.05. The van der Waals surface area contributed by atoms with Gasteiger partial charge in [0.2, 0.25) is 0 Å². The van der Waals surface area contributed by atoms with Crippen molar-refractivity contribution in [2.24, 2.45) is 0 Å². The summed E-state index contributed by atoms with van der Waals surface area (Å²) < 4.78 is 0. The highest BCUT2D eigenvalue weighted by Crippen LogP contribution is 2.21. The molecule has 0 saturated carbocycles. The molecule has 19 heavy (non-hydrogen) atoms. The van der Waals surface area contributed by atoms with E-state index in [1.807, 2.05) is 41.8 Å². The van der Waals surface area contributed by atoms with E-state index >= 15 is 0 Å². The van der Waals surface area contributed by atoms with Crippen LogP contribution in [0.2, 0.25) is 0 Å². The second-order valence-corrected chi connectivity index (χ2v) is 6.54. The van der Waals surface area contributed by atoms with Crippen LogP contribution in [0.25, 0.3) is 0 Å². The molecule has 1 fully saturated rings. The van der Waals surface area contributed by atoms with Gasteiger partial charge < -0.3 is 10.2 Å². The fraction of sp³-hybridized carbons (Fsp3) is 0.533. The van der Waals surface area contributed by atoms with Gasteiger partial charge in [-0.1, -0.05) is 6.92 Å². The van der Waals surface area contributed by atoms with E-state index in [1.165, 1.54) is 0 Å². The number of thioether (sulfide) groups is 1. The third kappa shape index (κ3) is 3.44. The first-order valence-electron chi connectivity index (χ1n) is 6.87. The maximum absolute atomic E-state index is 12.5. The fourth-order valence-electron chi connectivity index (χ4n) is 2.37. The SMILES string of the molecule is CCNc1ccc(C(=O)N2CCSC(C)C2)cc1C. The van der Waals surface area contributed by atoms with Crippen molar-refractivity contribution in [3.8, 4) is 0 Å². The molecule has 1 amide bonds. The molecule has 2 rings (SSSR count). The number of rotatable bonds is 3. The van der Waals surface area contributed by atoms with Crippen molar-refractivity contribution < 1.29 is 4.79 Å². The van der Waals surface area contributed by atoms with E-state index in [0.29, 0.717) is 5.25 Å². The summed E-state index contributed by atoms with van der Waals surface area (Å²) in [6.07, 6.45) is 0. The second kappa shape index (κ2) is 6.33. The van der Waals surface area contributed by atoms with Crippen LogP contribution in [0, 0.1) is 6.92 Å². The van der Waals surface area contributed by atoms with E-state index in [4.69, 9.17) is 0 Å². The lowest BCUT2D eigenvalue weighted by Crippen LogP contribution is -2.41. The van der Waals surface area contributed by atoms with Crippen LogP contribution in [0.4, 0.5) is 5.69 Å². The van der Waals surface area contributed by atoms with Crippen molar-refractivity contribution >= 4 is 23.4 Å². The van der Waals surface area contributed by atoms with Crippen molar-refractivity contribution in [1.82, 2.24) is 4.90 Å². The Hall–Kier alpha value is -1.16. The first-order valence-corrected chi connectivity index (χ1v) is 7.92. The fourth-order valence-corrected chi connectivity index (χ4v) is 3.38. The topological polar surface area (TPSA) is 32.3 Å². The molecular weight excluding hydrogens is 256 g/mol. The quantitative estimate of drug-likeness (QED) is 0.922. The van der Waals surface area contributed by atoms with E-state index in [9.17, 15) is 4.79 Å². The van der Waals surface area contributed by atoms with Crippen LogP contribution in [0.15, 0.2) is 18.2 Å². The molecule has 1 atom stereocenters. The zero-order chi connectivity index (χ0) is 13.8. The van der Waals surface area contributed by atoms with Gasteiger partial charge in [0.15, 0.2) is 0 Å². The van der Waals surface area contributed by atoms with Gasteiger partial charge in [-0.2, -0.15) is 11.8 Å². The van der Waals surface area contributed by atoms with Crippen LogP contribution < -0.4 is 5.32 Å². The Morgan fingerprint density at radius 3 is 2.95 bits per heavy atom. The van der Waals surface area contributed by atoms with Gasteiger partial charge in [-0.25, -0.2) is 0 Å². The summed E-state index contributed by atoms with van der Waals surface area (Å²) in [5.74, 6) is 1.21. The van der Waals surface area contributed by atoms with Gasteiger partial charge in [0.1, 0.15) is 0 Å². The highest BCUT2D eigenvalue weighted by Gasteiger charge is 2.22. The Bertz CT molecular complexity index is 461. The normalized spacial score (nSPS) is 19.3. The minimum Gasteiger partial charge on any atom is -0.385 e. The van der Waals surface area contributed by atoms with Gasteiger partial charge >= 0.3 is 0 Å². The van der Waals surface area contributed by atoms with Crippen LogP contribution in [0.1, 0.15) is 29.8 Å². The van der Waals surface area contributed by atoms with Crippen LogP contribution in [0.5, 0.6) is 0 Å². The molecule has 1 aliphatic rings. The van der Waals surface area contributed by atoms with E-state index in [-0.39, 0.29) is 5.91 Å². The average Bonchev–Trinajstić information content (AvgIpc) is 2.40. The second-order valence-electron chi connectivity index (χ2n) is 4.99. The molecule has 1 aliphatic heterocycles. The first-order chi connectivity index (χ1) is 9.11. The number of carbonyl (C=O) groups is 1. The Morgan fingerprint density at radius 1 is 1.53 bits per heavy atom. The highest BCUT2D eigenvalue weighted by atomic mass is 32.2. The van der Waals surface area contributed by atoms with Crippen molar-refractivity contribution in [3.63, 3.8) is 0 Å².